The minimum absolute atomic E-state index is 0.0600. The molecule has 0 bridgehead atoms. The highest BCUT2D eigenvalue weighted by molar-refractivity contribution is 5.06. The van der Waals surface area contributed by atoms with Crippen molar-refractivity contribution in [3.05, 3.63) is 0 Å². The molecule has 2 nitrogen and oxygen atoms in total. The third-order valence-corrected chi connectivity index (χ3v) is 4.45. The predicted molar refractivity (Wildman–Crippen MR) is 56.2 cm³/mol. The van der Waals surface area contributed by atoms with E-state index in [1.54, 1.807) is 0 Å². The van der Waals surface area contributed by atoms with Crippen LogP contribution in [-0.2, 0) is 4.74 Å². The molecule has 2 unspecified atom stereocenters. The lowest BCUT2D eigenvalue weighted by Crippen LogP contribution is -2.43. The molecule has 1 aliphatic heterocycles. The number of aliphatic hydroxyl groups excluding tert-OH is 1. The lowest BCUT2D eigenvalue weighted by Gasteiger charge is -2.39. The molecular formula is C12H22O2. The number of hydrogen-bond donors (Lipinski definition) is 1. The Bertz CT molecular complexity index is 236. The first-order valence-corrected chi connectivity index (χ1v) is 5.74. The van der Waals surface area contributed by atoms with Crippen LogP contribution < -0.4 is 0 Å². The second-order valence-electron chi connectivity index (χ2n) is 5.94. The van der Waals surface area contributed by atoms with Gasteiger partial charge in [-0.3, -0.25) is 0 Å². The van der Waals surface area contributed by atoms with Crippen molar-refractivity contribution in [2.24, 2.45) is 5.41 Å². The fourth-order valence-electron chi connectivity index (χ4n) is 3.19. The molecule has 1 aliphatic carbocycles. The van der Waals surface area contributed by atoms with Gasteiger partial charge in [0.25, 0.3) is 0 Å². The van der Waals surface area contributed by atoms with Gasteiger partial charge in [-0.25, -0.2) is 0 Å². The molecular weight excluding hydrogens is 176 g/mol. The van der Waals surface area contributed by atoms with Crippen molar-refractivity contribution in [2.75, 3.05) is 6.61 Å². The molecule has 1 saturated heterocycles. The lowest BCUT2D eigenvalue weighted by molar-refractivity contribution is -0.152. The van der Waals surface area contributed by atoms with E-state index in [4.69, 9.17) is 4.74 Å². The van der Waals surface area contributed by atoms with Crippen LogP contribution in [0.15, 0.2) is 0 Å². The largest absolute Gasteiger partial charge is 0.393 e. The first kappa shape index (κ1) is 10.4. The quantitative estimate of drug-likeness (QED) is 0.701. The molecule has 2 atom stereocenters. The SMILES string of the molecule is CC1(CO)CCC2(CCCC2(C)C)O1. The smallest absolute Gasteiger partial charge is 0.0893 e. The van der Waals surface area contributed by atoms with Crippen LogP contribution in [0.1, 0.15) is 52.9 Å². The molecule has 2 aliphatic rings. The summed E-state index contributed by atoms with van der Waals surface area (Å²) in [6, 6.07) is 0. The van der Waals surface area contributed by atoms with E-state index in [9.17, 15) is 5.11 Å². The maximum atomic E-state index is 9.31. The maximum absolute atomic E-state index is 9.31. The zero-order valence-electron chi connectivity index (χ0n) is 9.60. The molecule has 82 valence electrons. The average Bonchev–Trinajstić information content (AvgIpc) is 2.58. The molecule has 0 aromatic rings. The highest BCUT2D eigenvalue weighted by Gasteiger charge is 2.56. The van der Waals surface area contributed by atoms with Crippen LogP contribution in [0.5, 0.6) is 0 Å². The minimum Gasteiger partial charge on any atom is -0.393 e. The summed E-state index contributed by atoms with van der Waals surface area (Å²) in [5.41, 5.74) is 0.0754. The summed E-state index contributed by atoms with van der Waals surface area (Å²) in [5.74, 6) is 0. The number of aliphatic hydroxyl groups is 1. The van der Waals surface area contributed by atoms with Gasteiger partial charge in [-0.2, -0.15) is 0 Å². The van der Waals surface area contributed by atoms with E-state index in [1.807, 2.05) is 6.92 Å². The minimum atomic E-state index is -0.276. The molecule has 0 radical (unpaired) electrons. The van der Waals surface area contributed by atoms with Crippen LogP contribution in [0, 0.1) is 5.41 Å². The average molecular weight is 198 g/mol. The third kappa shape index (κ3) is 1.31. The molecule has 14 heavy (non-hydrogen) atoms. The Labute approximate surface area is 86.6 Å². The highest BCUT2D eigenvalue weighted by atomic mass is 16.5. The predicted octanol–water partition coefficient (Wildman–Crippen LogP) is 2.50. The van der Waals surface area contributed by atoms with Crippen molar-refractivity contribution in [3.63, 3.8) is 0 Å². The van der Waals surface area contributed by atoms with Gasteiger partial charge in [-0.05, 0) is 44.4 Å². The third-order valence-electron chi connectivity index (χ3n) is 4.45. The van der Waals surface area contributed by atoms with E-state index in [0.717, 1.165) is 12.8 Å². The Morgan fingerprint density at radius 1 is 1.07 bits per heavy atom. The zero-order chi connectivity index (χ0) is 10.4. The van der Waals surface area contributed by atoms with E-state index in [2.05, 4.69) is 13.8 Å². The molecule has 0 aromatic carbocycles. The summed E-state index contributed by atoms with van der Waals surface area (Å²) in [6.07, 6.45) is 5.84. The molecule has 2 fully saturated rings. The Hall–Kier alpha value is -0.0800. The van der Waals surface area contributed by atoms with Crippen molar-refractivity contribution in [2.45, 2.75) is 64.1 Å². The van der Waals surface area contributed by atoms with Crippen LogP contribution in [0.2, 0.25) is 0 Å². The molecule has 2 rings (SSSR count). The van der Waals surface area contributed by atoms with E-state index in [0.29, 0.717) is 5.41 Å². The van der Waals surface area contributed by atoms with Crippen molar-refractivity contribution >= 4 is 0 Å². The molecule has 0 aromatic heterocycles. The van der Waals surface area contributed by atoms with E-state index < -0.39 is 0 Å². The zero-order valence-corrected chi connectivity index (χ0v) is 9.60. The standard InChI is InChI=1S/C12H22O2/c1-10(2)5-4-6-12(10)8-7-11(3,9-13)14-12/h13H,4-9H2,1-3H3. The van der Waals surface area contributed by atoms with Gasteiger partial charge in [0.1, 0.15) is 0 Å². The van der Waals surface area contributed by atoms with Crippen LogP contribution in [0.25, 0.3) is 0 Å². The summed E-state index contributed by atoms with van der Waals surface area (Å²) in [7, 11) is 0. The van der Waals surface area contributed by atoms with Gasteiger partial charge in [-0.15, -0.1) is 0 Å². The fourth-order valence-corrected chi connectivity index (χ4v) is 3.19. The van der Waals surface area contributed by atoms with Crippen LogP contribution in [0.4, 0.5) is 0 Å². The van der Waals surface area contributed by atoms with Crippen molar-refractivity contribution in [3.8, 4) is 0 Å². The first-order valence-electron chi connectivity index (χ1n) is 5.74. The van der Waals surface area contributed by atoms with Gasteiger partial charge in [0, 0.05) is 0 Å². The highest BCUT2D eigenvalue weighted by Crippen LogP contribution is 2.56. The van der Waals surface area contributed by atoms with Gasteiger partial charge in [0.2, 0.25) is 0 Å². The van der Waals surface area contributed by atoms with Crippen molar-refractivity contribution < 1.29 is 9.84 Å². The molecule has 1 saturated carbocycles. The number of rotatable bonds is 1. The molecule has 1 N–H and O–H groups in total. The second-order valence-corrected chi connectivity index (χ2v) is 5.94. The molecule has 2 heteroatoms. The Morgan fingerprint density at radius 2 is 1.79 bits per heavy atom. The number of ether oxygens (including phenoxy) is 1. The lowest BCUT2D eigenvalue weighted by atomic mass is 9.76. The Balaban J connectivity index is 2.20. The Morgan fingerprint density at radius 3 is 2.21 bits per heavy atom. The number of hydrogen-bond acceptors (Lipinski definition) is 2. The summed E-state index contributed by atoms with van der Waals surface area (Å²) in [6.45, 7) is 6.81. The Kier molecular flexibility index (Phi) is 2.20. The summed E-state index contributed by atoms with van der Waals surface area (Å²) >= 11 is 0. The van der Waals surface area contributed by atoms with E-state index in [1.165, 1.54) is 19.3 Å². The first-order chi connectivity index (χ1) is 6.43. The monoisotopic (exact) mass is 198 g/mol. The van der Waals surface area contributed by atoms with Crippen LogP contribution >= 0.6 is 0 Å². The summed E-state index contributed by atoms with van der Waals surface area (Å²) in [4.78, 5) is 0. The van der Waals surface area contributed by atoms with E-state index >= 15 is 0 Å². The van der Waals surface area contributed by atoms with Gasteiger partial charge in [0.05, 0.1) is 17.8 Å². The topological polar surface area (TPSA) is 29.5 Å². The molecule has 0 amide bonds. The second kappa shape index (κ2) is 2.96. The summed E-state index contributed by atoms with van der Waals surface area (Å²) in [5, 5.41) is 9.31. The fraction of sp³-hybridized carbons (Fsp3) is 1.00. The van der Waals surface area contributed by atoms with Crippen LogP contribution in [0.3, 0.4) is 0 Å². The van der Waals surface area contributed by atoms with Gasteiger partial charge < -0.3 is 9.84 Å². The van der Waals surface area contributed by atoms with Gasteiger partial charge in [-0.1, -0.05) is 13.8 Å². The van der Waals surface area contributed by atoms with Crippen LogP contribution in [-0.4, -0.2) is 22.9 Å². The maximum Gasteiger partial charge on any atom is 0.0893 e. The van der Waals surface area contributed by atoms with Gasteiger partial charge in [0.15, 0.2) is 0 Å². The van der Waals surface area contributed by atoms with Gasteiger partial charge >= 0.3 is 0 Å². The summed E-state index contributed by atoms with van der Waals surface area (Å²) < 4.78 is 6.21. The van der Waals surface area contributed by atoms with E-state index in [-0.39, 0.29) is 17.8 Å². The molecule has 1 spiro atoms. The molecule has 1 heterocycles. The van der Waals surface area contributed by atoms with Crippen molar-refractivity contribution in [1.82, 2.24) is 0 Å². The normalized spacial score (nSPS) is 46.3. The van der Waals surface area contributed by atoms with Crippen molar-refractivity contribution in [1.29, 1.82) is 0 Å².